The van der Waals surface area contributed by atoms with Crippen LogP contribution in [0.4, 0.5) is 5.69 Å². The number of rotatable bonds is 4. The van der Waals surface area contributed by atoms with Gasteiger partial charge in [0, 0.05) is 43.5 Å². The van der Waals surface area contributed by atoms with Gasteiger partial charge in [-0.15, -0.1) is 0 Å². The molecule has 0 amide bonds. The maximum absolute atomic E-state index is 13.3. The van der Waals surface area contributed by atoms with Crippen molar-refractivity contribution in [3.63, 3.8) is 0 Å². The quantitative estimate of drug-likeness (QED) is 0.489. The van der Waals surface area contributed by atoms with E-state index < -0.39 is 11.6 Å². The van der Waals surface area contributed by atoms with Crippen LogP contribution in [0.15, 0.2) is 45.7 Å². The highest BCUT2D eigenvalue weighted by Crippen LogP contribution is 2.34. The molecule has 3 aromatic rings. The van der Waals surface area contributed by atoms with Crippen LogP contribution in [0.25, 0.3) is 11.3 Å². The van der Waals surface area contributed by atoms with Crippen molar-refractivity contribution in [1.82, 2.24) is 14.6 Å². The first-order valence-electron chi connectivity index (χ1n) is 10.0. The second-order valence-corrected chi connectivity index (χ2v) is 7.56. The number of ketones is 2. The van der Waals surface area contributed by atoms with Crippen molar-refractivity contribution in [1.29, 1.82) is 0 Å². The average Bonchev–Trinajstić information content (AvgIpc) is 3.23. The molecule has 1 aromatic carbocycles. The molecule has 0 bridgehead atoms. The second-order valence-electron chi connectivity index (χ2n) is 7.56. The summed E-state index contributed by atoms with van der Waals surface area (Å²) in [6.45, 7) is 3.64. The molecule has 31 heavy (non-hydrogen) atoms. The molecule has 0 atom stereocenters. The van der Waals surface area contributed by atoms with Gasteiger partial charge in [-0.2, -0.15) is 0 Å². The largest absolute Gasteiger partial charge is 0.399 e. The van der Waals surface area contributed by atoms with E-state index in [1.54, 1.807) is 24.3 Å². The van der Waals surface area contributed by atoms with Crippen molar-refractivity contribution < 1.29 is 18.8 Å². The summed E-state index contributed by atoms with van der Waals surface area (Å²) in [5.74, 6) is -1.05. The fourth-order valence-corrected chi connectivity index (χ4v) is 4.03. The number of carbonyl (C=O) groups is 2. The summed E-state index contributed by atoms with van der Waals surface area (Å²) < 4.78 is 12.0. The molecular formula is C22H20N4O5. The Bertz CT molecular complexity index is 1240. The van der Waals surface area contributed by atoms with Crippen LogP contribution >= 0.6 is 0 Å². The number of anilines is 1. The lowest BCUT2D eigenvalue weighted by atomic mass is 9.89. The molecule has 0 saturated carbocycles. The standard InChI is InChI=1S/C22H20N4O5/c23-14-3-1-13(2-4-14)18-17-20(28)15-5-6-16(27)26(8-7-25-9-11-30-12-10-25)19(15)21(29)22(17)31-24-18/h1-6H,7-12,23H2. The van der Waals surface area contributed by atoms with Crippen LogP contribution in [-0.2, 0) is 11.3 Å². The highest BCUT2D eigenvalue weighted by molar-refractivity contribution is 6.28. The minimum absolute atomic E-state index is 0.0539. The van der Waals surface area contributed by atoms with Gasteiger partial charge in [0.25, 0.3) is 5.56 Å². The molecule has 2 aliphatic rings. The van der Waals surface area contributed by atoms with E-state index in [9.17, 15) is 14.4 Å². The molecule has 3 heterocycles. The maximum atomic E-state index is 13.3. The number of fused-ring (bicyclic) bond motifs is 2. The van der Waals surface area contributed by atoms with Crippen LogP contribution in [0, 0.1) is 0 Å². The smallest absolute Gasteiger partial charge is 0.251 e. The Kier molecular flexibility index (Phi) is 4.76. The van der Waals surface area contributed by atoms with Gasteiger partial charge >= 0.3 is 0 Å². The zero-order chi connectivity index (χ0) is 21.5. The number of nitrogen functional groups attached to an aromatic ring is 1. The zero-order valence-corrected chi connectivity index (χ0v) is 16.7. The van der Waals surface area contributed by atoms with Gasteiger partial charge in [-0.05, 0) is 18.2 Å². The molecule has 2 N–H and O–H groups in total. The Balaban J connectivity index is 1.54. The lowest BCUT2D eigenvalue weighted by molar-refractivity contribution is 0.0361. The van der Waals surface area contributed by atoms with Crippen molar-refractivity contribution in [2.75, 3.05) is 38.6 Å². The SMILES string of the molecule is Nc1ccc(-c2noc3c2C(=O)c2ccc(=O)n(CCN4CCOCC4)c2C3=O)cc1. The molecule has 9 nitrogen and oxygen atoms in total. The Morgan fingerprint density at radius 3 is 2.42 bits per heavy atom. The molecule has 0 radical (unpaired) electrons. The molecule has 1 aliphatic heterocycles. The number of ether oxygens (including phenoxy) is 1. The Hall–Kier alpha value is -3.56. The minimum atomic E-state index is -0.515. The Morgan fingerprint density at radius 2 is 1.68 bits per heavy atom. The molecule has 2 aromatic heterocycles. The number of pyridine rings is 1. The first-order valence-corrected chi connectivity index (χ1v) is 10.0. The highest BCUT2D eigenvalue weighted by atomic mass is 16.5. The normalized spacial score (nSPS) is 16.3. The number of nitrogens with zero attached hydrogens (tertiary/aromatic N) is 3. The van der Waals surface area contributed by atoms with Gasteiger partial charge < -0.3 is 19.6 Å². The minimum Gasteiger partial charge on any atom is -0.399 e. The van der Waals surface area contributed by atoms with Gasteiger partial charge in [0.05, 0.1) is 18.8 Å². The summed E-state index contributed by atoms with van der Waals surface area (Å²) in [5.41, 5.74) is 7.21. The molecule has 158 valence electrons. The summed E-state index contributed by atoms with van der Waals surface area (Å²) in [6, 6.07) is 9.52. The maximum Gasteiger partial charge on any atom is 0.251 e. The van der Waals surface area contributed by atoms with Crippen molar-refractivity contribution >= 4 is 17.3 Å². The van der Waals surface area contributed by atoms with E-state index in [0.29, 0.717) is 31.0 Å². The van der Waals surface area contributed by atoms with E-state index in [-0.39, 0.29) is 40.4 Å². The topological polar surface area (TPSA) is 121 Å². The molecule has 1 fully saturated rings. The average molecular weight is 420 g/mol. The Labute approximate surface area is 177 Å². The number of aromatic nitrogens is 2. The van der Waals surface area contributed by atoms with Crippen molar-refractivity contribution in [3.05, 3.63) is 69.3 Å². The molecule has 1 aliphatic carbocycles. The third kappa shape index (κ3) is 3.28. The number of morpholine rings is 1. The molecule has 5 rings (SSSR count). The highest BCUT2D eigenvalue weighted by Gasteiger charge is 2.39. The van der Waals surface area contributed by atoms with E-state index in [1.165, 1.54) is 16.7 Å². The van der Waals surface area contributed by atoms with Crippen molar-refractivity contribution in [2.24, 2.45) is 0 Å². The fraction of sp³-hybridized carbons (Fsp3) is 0.273. The molecule has 0 unspecified atom stereocenters. The summed E-state index contributed by atoms with van der Waals surface area (Å²) >= 11 is 0. The predicted octanol–water partition coefficient (Wildman–Crippen LogP) is 1.19. The van der Waals surface area contributed by atoms with E-state index >= 15 is 0 Å². The van der Waals surface area contributed by atoms with E-state index in [2.05, 4.69) is 10.1 Å². The van der Waals surface area contributed by atoms with Crippen LogP contribution in [0.5, 0.6) is 0 Å². The van der Waals surface area contributed by atoms with E-state index in [0.717, 1.165) is 13.1 Å². The van der Waals surface area contributed by atoms with Crippen LogP contribution < -0.4 is 11.3 Å². The third-order valence-electron chi connectivity index (χ3n) is 5.70. The summed E-state index contributed by atoms with van der Waals surface area (Å²) in [7, 11) is 0. The number of hydrogen-bond acceptors (Lipinski definition) is 8. The summed E-state index contributed by atoms with van der Waals surface area (Å²) in [6.07, 6.45) is 0. The van der Waals surface area contributed by atoms with Gasteiger partial charge in [-0.1, -0.05) is 17.3 Å². The van der Waals surface area contributed by atoms with Crippen molar-refractivity contribution in [3.8, 4) is 11.3 Å². The predicted molar refractivity (Wildman–Crippen MR) is 111 cm³/mol. The van der Waals surface area contributed by atoms with E-state index in [4.69, 9.17) is 15.0 Å². The first-order chi connectivity index (χ1) is 15.0. The van der Waals surface area contributed by atoms with Gasteiger partial charge in [0.2, 0.25) is 17.3 Å². The molecule has 0 spiro atoms. The fourth-order valence-electron chi connectivity index (χ4n) is 4.03. The number of nitrogens with two attached hydrogens (primary N) is 1. The van der Waals surface area contributed by atoms with Crippen molar-refractivity contribution in [2.45, 2.75) is 6.54 Å². The molecule has 1 saturated heterocycles. The van der Waals surface area contributed by atoms with Crippen LogP contribution in [0.1, 0.15) is 32.2 Å². The summed E-state index contributed by atoms with van der Waals surface area (Å²) in [5, 5.41) is 3.99. The molecule has 9 heteroatoms. The second kappa shape index (κ2) is 7.60. The number of hydrogen-bond donors (Lipinski definition) is 1. The monoisotopic (exact) mass is 420 g/mol. The van der Waals surface area contributed by atoms with Crippen LogP contribution in [0.3, 0.4) is 0 Å². The Morgan fingerprint density at radius 1 is 0.935 bits per heavy atom. The summed E-state index contributed by atoms with van der Waals surface area (Å²) in [4.78, 5) is 41.3. The van der Waals surface area contributed by atoms with Crippen LogP contribution in [-0.4, -0.2) is 59.0 Å². The van der Waals surface area contributed by atoms with E-state index in [1.807, 2.05) is 0 Å². The van der Waals surface area contributed by atoms with Gasteiger partial charge in [-0.3, -0.25) is 19.3 Å². The van der Waals surface area contributed by atoms with Gasteiger partial charge in [0.1, 0.15) is 17.0 Å². The van der Waals surface area contributed by atoms with Gasteiger partial charge in [-0.25, -0.2) is 0 Å². The zero-order valence-electron chi connectivity index (χ0n) is 16.7. The molecular weight excluding hydrogens is 400 g/mol. The lowest BCUT2D eigenvalue weighted by Gasteiger charge is -2.27. The van der Waals surface area contributed by atoms with Crippen LogP contribution in [0.2, 0.25) is 0 Å². The number of benzene rings is 1. The lowest BCUT2D eigenvalue weighted by Crippen LogP contribution is -2.40. The number of carbonyl (C=O) groups excluding carboxylic acids is 2. The first kappa shape index (κ1) is 19.4. The van der Waals surface area contributed by atoms with Gasteiger partial charge in [0.15, 0.2) is 0 Å². The third-order valence-corrected chi connectivity index (χ3v) is 5.70.